The van der Waals surface area contributed by atoms with E-state index in [4.69, 9.17) is 0 Å². The third kappa shape index (κ3) is 11.0. The lowest BCUT2D eigenvalue weighted by Gasteiger charge is -2.10. The maximum atomic E-state index is 3.94. The maximum absolute atomic E-state index is 3.94. The Kier molecular flexibility index (Phi) is 13.1. The molecule has 0 aliphatic rings. The van der Waals surface area contributed by atoms with Gasteiger partial charge in [-0.05, 0) is 31.8 Å². The molecular weight excluding hydrogens is 192 g/mol. The van der Waals surface area contributed by atoms with E-state index in [9.17, 15) is 0 Å². The second-order valence-electron chi connectivity index (χ2n) is 4.13. The van der Waals surface area contributed by atoms with E-state index < -0.39 is 0 Å². The fraction of sp³-hybridized carbons (Fsp3) is 0.500. The van der Waals surface area contributed by atoms with Gasteiger partial charge >= 0.3 is 0 Å². The number of rotatable bonds is 5. The second kappa shape index (κ2) is 12.0. The second-order valence-corrected chi connectivity index (χ2v) is 4.13. The van der Waals surface area contributed by atoms with E-state index >= 15 is 0 Å². The summed E-state index contributed by atoms with van der Waals surface area (Å²) in [6, 6.07) is 0. The van der Waals surface area contributed by atoms with Crippen LogP contribution in [-0.4, -0.2) is 0 Å². The number of hydrogen-bond donors (Lipinski definition) is 0. The van der Waals surface area contributed by atoms with Gasteiger partial charge in [-0.25, -0.2) is 0 Å². The van der Waals surface area contributed by atoms with Crippen LogP contribution in [0.5, 0.6) is 0 Å². The first kappa shape index (κ1) is 17.4. The van der Waals surface area contributed by atoms with Crippen molar-refractivity contribution in [3.63, 3.8) is 0 Å². The monoisotopic (exact) mass is 220 g/mol. The molecule has 0 fully saturated rings. The van der Waals surface area contributed by atoms with Crippen molar-refractivity contribution in [1.29, 1.82) is 0 Å². The smallest absolute Gasteiger partial charge is 0.0197 e. The van der Waals surface area contributed by atoms with E-state index in [1.165, 1.54) is 17.6 Å². The van der Waals surface area contributed by atoms with Crippen molar-refractivity contribution in [2.24, 2.45) is 5.92 Å². The molecule has 0 heterocycles. The van der Waals surface area contributed by atoms with Crippen LogP contribution in [0.25, 0.3) is 0 Å². The Morgan fingerprint density at radius 3 is 2.12 bits per heavy atom. The standard InChI is InChI=1S/C13H20.C3H8/c1-6-8-9-13(7-2)10-12(5)11(3)4;1-3-2/h6-9,12H,2-3,10H2,1,4-5H3;3H2,1-2H3/b8-6-,13-9+;. The summed E-state index contributed by atoms with van der Waals surface area (Å²) in [6.45, 7) is 18.3. The van der Waals surface area contributed by atoms with E-state index in [-0.39, 0.29) is 0 Å². The van der Waals surface area contributed by atoms with Gasteiger partial charge in [0.2, 0.25) is 0 Å². The van der Waals surface area contributed by atoms with Crippen molar-refractivity contribution in [2.45, 2.75) is 47.5 Å². The molecule has 0 amide bonds. The highest BCUT2D eigenvalue weighted by molar-refractivity contribution is 5.23. The van der Waals surface area contributed by atoms with Crippen LogP contribution in [0.2, 0.25) is 0 Å². The molecule has 16 heavy (non-hydrogen) atoms. The molecule has 0 aliphatic heterocycles. The first-order valence-corrected chi connectivity index (χ1v) is 6.13. The number of hydrogen-bond acceptors (Lipinski definition) is 0. The lowest BCUT2D eigenvalue weighted by Crippen LogP contribution is -1.96. The van der Waals surface area contributed by atoms with Crippen LogP contribution in [0, 0.1) is 5.92 Å². The zero-order valence-corrected chi connectivity index (χ0v) is 11.7. The summed E-state index contributed by atoms with van der Waals surface area (Å²) in [7, 11) is 0. The van der Waals surface area contributed by atoms with Crippen LogP contribution in [-0.2, 0) is 0 Å². The zero-order chi connectivity index (χ0) is 13.0. The average molecular weight is 220 g/mol. The third-order valence-corrected chi connectivity index (χ3v) is 2.15. The molecule has 0 bridgehead atoms. The largest absolute Gasteiger partial charge is 0.0999 e. The third-order valence-electron chi connectivity index (χ3n) is 2.15. The normalized spacial score (nSPS) is 12.9. The predicted molar refractivity (Wildman–Crippen MR) is 77.7 cm³/mol. The summed E-state index contributed by atoms with van der Waals surface area (Å²) < 4.78 is 0. The van der Waals surface area contributed by atoms with Crippen molar-refractivity contribution in [3.8, 4) is 0 Å². The molecule has 0 aliphatic carbocycles. The van der Waals surface area contributed by atoms with E-state index in [2.05, 4.69) is 46.9 Å². The predicted octanol–water partition coefficient (Wildman–Crippen LogP) is 5.69. The lowest BCUT2D eigenvalue weighted by atomic mass is 9.95. The van der Waals surface area contributed by atoms with Gasteiger partial charge in [0.05, 0.1) is 0 Å². The fourth-order valence-corrected chi connectivity index (χ4v) is 0.967. The number of allylic oxidation sites excluding steroid dienone is 6. The molecule has 0 rings (SSSR count). The van der Waals surface area contributed by atoms with Crippen molar-refractivity contribution < 1.29 is 0 Å². The summed E-state index contributed by atoms with van der Waals surface area (Å²) in [5.74, 6) is 0.537. The molecule has 0 spiro atoms. The molecule has 0 aromatic heterocycles. The highest BCUT2D eigenvalue weighted by atomic mass is 14.1. The SMILES string of the molecule is C=C/C(=C\C=C/C)CC(C)C(=C)C.CCC. The Balaban J connectivity index is 0. The Hall–Kier alpha value is -1.04. The van der Waals surface area contributed by atoms with Gasteiger partial charge in [0.25, 0.3) is 0 Å². The van der Waals surface area contributed by atoms with Crippen molar-refractivity contribution in [1.82, 2.24) is 0 Å². The Morgan fingerprint density at radius 1 is 1.31 bits per heavy atom. The van der Waals surface area contributed by atoms with Gasteiger partial charge in [0.1, 0.15) is 0 Å². The van der Waals surface area contributed by atoms with E-state index in [0.717, 1.165) is 6.42 Å². The Morgan fingerprint density at radius 2 is 1.81 bits per heavy atom. The van der Waals surface area contributed by atoms with E-state index in [1.54, 1.807) is 0 Å². The fourth-order valence-electron chi connectivity index (χ4n) is 0.967. The molecule has 0 aromatic rings. The van der Waals surface area contributed by atoms with Crippen molar-refractivity contribution in [3.05, 3.63) is 48.6 Å². The minimum atomic E-state index is 0.537. The van der Waals surface area contributed by atoms with Crippen LogP contribution >= 0.6 is 0 Å². The van der Waals surface area contributed by atoms with E-state index in [1.807, 2.05) is 25.2 Å². The van der Waals surface area contributed by atoms with Crippen molar-refractivity contribution >= 4 is 0 Å². The molecule has 0 radical (unpaired) electrons. The summed E-state index contributed by atoms with van der Waals surface area (Å²) in [6.07, 6.45) is 10.4. The maximum Gasteiger partial charge on any atom is -0.0197 e. The average Bonchev–Trinajstić information content (AvgIpc) is 2.24. The molecule has 0 nitrogen and oxygen atoms in total. The van der Waals surface area contributed by atoms with Gasteiger partial charge in [-0.3, -0.25) is 0 Å². The van der Waals surface area contributed by atoms with Crippen LogP contribution in [0.4, 0.5) is 0 Å². The summed E-state index contributed by atoms with van der Waals surface area (Å²) in [4.78, 5) is 0. The quantitative estimate of drug-likeness (QED) is 0.412. The first-order valence-electron chi connectivity index (χ1n) is 6.13. The molecule has 0 heteroatoms. The Bertz CT molecular complexity index is 241. The molecule has 0 aromatic carbocycles. The van der Waals surface area contributed by atoms with E-state index in [0.29, 0.717) is 5.92 Å². The molecule has 1 atom stereocenters. The van der Waals surface area contributed by atoms with Crippen LogP contribution in [0.3, 0.4) is 0 Å². The molecule has 0 saturated heterocycles. The topological polar surface area (TPSA) is 0 Å². The van der Waals surface area contributed by atoms with Gasteiger partial charge in [-0.1, -0.05) is 70.2 Å². The van der Waals surface area contributed by atoms with Gasteiger partial charge < -0.3 is 0 Å². The highest BCUT2D eigenvalue weighted by Crippen LogP contribution is 2.18. The molecule has 92 valence electrons. The van der Waals surface area contributed by atoms with Crippen LogP contribution in [0.1, 0.15) is 47.5 Å². The van der Waals surface area contributed by atoms with Crippen LogP contribution in [0.15, 0.2) is 48.6 Å². The minimum Gasteiger partial charge on any atom is -0.0999 e. The Labute approximate surface area is 102 Å². The summed E-state index contributed by atoms with van der Waals surface area (Å²) in [5, 5.41) is 0. The molecule has 0 N–H and O–H groups in total. The molecular formula is C16H28. The highest BCUT2D eigenvalue weighted by Gasteiger charge is 2.02. The minimum absolute atomic E-state index is 0.537. The molecule has 0 saturated carbocycles. The first-order chi connectivity index (χ1) is 7.53. The lowest BCUT2D eigenvalue weighted by molar-refractivity contribution is 0.683. The van der Waals surface area contributed by atoms with Gasteiger partial charge in [-0.15, -0.1) is 0 Å². The van der Waals surface area contributed by atoms with Crippen molar-refractivity contribution in [2.75, 3.05) is 0 Å². The van der Waals surface area contributed by atoms with Gasteiger partial charge in [0.15, 0.2) is 0 Å². The van der Waals surface area contributed by atoms with Crippen LogP contribution < -0.4 is 0 Å². The zero-order valence-electron chi connectivity index (χ0n) is 11.7. The summed E-state index contributed by atoms with van der Waals surface area (Å²) >= 11 is 0. The van der Waals surface area contributed by atoms with Gasteiger partial charge in [0, 0.05) is 0 Å². The molecule has 1 unspecified atom stereocenters. The van der Waals surface area contributed by atoms with Gasteiger partial charge in [-0.2, -0.15) is 0 Å². The summed E-state index contributed by atoms with van der Waals surface area (Å²) in [5.41, 5.74) is 2.50.